The fourth-order valence-corrected chi connectivity index (χ4v) is 6.99. The fourth-order valence-electron chi connectivity index (χ4n) is 6.86. The van der Waals surface area contributed by atoms with Crippen molar-refractivity contribution in [2.24, 2.45) is 11.3 Å². The first kappa shape index (κ1) is 39.4. The second kappa shape index (κ2) is 17.1. The number of ether oxygens (including phenoxy) is 2. The SMILES string of the molecule is CCCC(C)(C)C1OC1C(N(CCO)Cc1ccc(Cl)cc1)C(C)(O)/C=C/C=C(\C)[C@H]1OC(=O)CC(O)CCC(C)(O)C/C=C/C1C. The molecule has 47 heavy (non-hydrogen) atoms. The van der Waals surface area contributed by atoms with Gasteiger partial charge in [-0.15, -0.1) is 0 Å². The van der Waals surface area contributed by atoms with Crippen molar-refractivity contribution in [3.8, 4) is 0 Å². The first-order chi connectivity index (χ1) is 22.0. The second-order valence-corrected chi connectivity index (χ2v) is 15.3. The molecule has 2 aliphatic heterocycles. The third-order valence-corrected chi connectivity index (χ3v) is 9.82. The summed E-state index contributed by atoms with van der Waals surface area (Å²) in [6.45, 7) is 14.6. The van der Waals surface area contributed by atoms with Gasteiger partial charge in [-0.1, -0.05) is 88.2 Å². The van der Waals surface area contributed by atoms with Crippen LogP contribution in [0.4, 0.5) is 0 Å². The monoisotopic (exact) mass is 675 g/mol. The number of epoxide rings is 1. The Bertz CT molecular complexity index is 1240. The van der Waals surface area contributed by atoms with Gasteiger partial charge in [0.15, 0.2) is 0 Å². The number of hydrogen-bond donors (Lipinski definition) is 4. The molecule has 7 unspecified atom stereocenters. The lowest BCUT2D eigenvalue weighted by Crippen LogP contribution is -2.55. The second-order valence-electron chi connectivity index (χ2n) is 14.8. The molecule has 0 aliphatic carbocycles. The lowest BCUT2D eigenvalue weighted by Gasteiger charge is -2.39. The molecular formula is C38H58ClNO7. The number of aliphatic hydroxyl groups excluding tert-OH is 2. The number of nitrogens with zero attached hydrogens (tertiary/aromatic N) is 1. The number of esters is 1. The third kappa shape index (κ3) is 11.8. The summed E-state index contributed by atoms with van der Waals surface area (Å²) in [7, 11) is 0. The van der Waals surface area contributed by atoms with Crippen molar-refractivity contribution in [3.05, 3.63) is 70.8 Å². The van der Waals surface area contributed by atoms with E-state index in [1.165, 1.54) is 0 Å². The first-order valence-electron chi connectivity index (χ1n) is 17.1. The minimum Gasteiger partial charge on any atom is -0.457 e. The molecule has 0 spiro atoms. The van der Waals surface area contributed by atoms with E-state index in [0.29, 0.717) is 37.4 Å². The molecule has 4 N–H and O–H groups in total. The minimum atomic E-state index is -1.36. The Morgan fingerprint density at radius 2 is 1.91 bits per heavy atom. The van der Waals surface area contributed by atoms with Crippen LogP contribution in [0, 0.1) is 11.3 Å². The van der Waals surface area contributed by atoms with Crippen molar-refractivity contribution in [2.45, 2.75) is 135 Å². The quantitative estimate of drug-likeness (QED) is 0.0852. The van der Waals surface area contributed by atoms with Crippen LogP contribution in [0.3, 0.4) is 0 Å². The molecule has 1 saturated heterocycles. The van der Waals surface area contributed by atoms with Crippen molar-refractivity contribution in [1.29, 1.82) is 0 Å². The summed E-state index contributed by atoms with van der Waals surface area (Å²) in [5, 5.41) is 43.9. The molecule has 2 heterocycles. The summed E-state index contributed by atoms with van der Waals surface area (Å²) in [6, 6.07) is 7.11. The third-order valence-electron chi connectivity index (χ3n) is 9.57. The number of allylic oxidation sites excluding steroid dienone is 2. The molecule has 0 bridgehead atoms. The van der Waals surface area contributed by atoms with Crippen molar-refractivity contribution in [3.63, 3.8) is 0 Å². The number of aliphatic hydroxyl groups is 4. The Morgan fingerprint density at radius 3 is 2.55 bits per heavy atom. The smallest absolute Gasteiger partial charge is 0.309 e. The maximum absolute atomic E-state index is 12.8. The number of hydrogen-bond acceptors (Lipinski definition) is 8. The van der Waals surface area contributed by atoms with E-state index in [-0.39, 0.29) is 36.6 Å². The molecule has 1 fully saturated rings. The number of carbonyl (C=O) groups excluding carboxylic acids is 1. The fraction of sp³-hybridized carbons (Fsp3) is 0.658. The maximum atomic E-state index is 12.8. The molecule has 1 aromatic rings. The molecule has 264 valence electrons. The number of benzene rings is 1. The molecular weight excluding hydrogens is 618 g/mol. The highest BCUT2D eigenvalue weighted by Gasteiger charge is 2.58. The number of cyclic esters (lactones) is 1. The number of carbonyl (C=O) groups is 1. The van der Waals surface area contributed by atoms with Gasteiger partial charge in [-0.25, -0.2) is 0 Å². The molecule has 8 atom stereocenters. The van der Waals surface area contributed by atoms with Gasteiger partial charge in [-0.05, 0) is 75.1 Å². The molecule has 0 saturated carbocycles. The summed E-state index contributed by atoms with van der Waals surface area (Å²) in [6.07, 6.45) is 10.4. The van der Waals surface area contributed by atoms with Gasteiger partial charge in [0.25, 0.3) is 0 Å². The van der Waals surface area contributed by atoms with Gasteiger partial charge in [0.1, 0.15) is 12.2 Å². The van der Waals surface area contributed by atoms with E-state index in [4.69, 9.17) is 21.1 Å². The zero-order chi connectivity index (χ0) is 35.0. The normalized spacial score (nSPS) is 30.7. The Balaban J connectivity index is 1.91. The predicted octanol–water partition coefficient (Wildman–Crippen LogP) is 6.14. The summed E-state index contributed by atoms with van der Waals surface area (Å²) >= 11 is 6.14. The van der Waals surface area contributed by atoms with Crippen LogP contribution >= 0.6 is 11.6 Å². The van der Waals surface area contributed by atoms with E-state index in [9.17, 15) is 25.2 Å². The Kier molecular flexibility index (Phi) is 14.3. The van der Waals surface area contributed by atoms with E-state index in [1.807, 2.05) is 56.3 Å². The molecule has 0 amide bonds. The average Bonchev–Trinajstić information content (AvgIpc) is 3.76. The van der Waals surface area contributed by atoms with Crippen LogP contribution < -0.4 is 0 Å². The Hall–Kier alpha value is -2.04. The van der Waals surface area contributed by atoms with Gasteiger partial charge in [0.05, 0.1) is 42.5 Å². The topological polar surface area (TPSA) is 123 Å². The van der Waals surface area contributed by atoms with E-state index in [0.717, 1.165) is 24.0 Å². The van der Waals surface area contributed by atoms with E-state index >= 15 is 0 Å². The van der Waals surface area contributed by atoms with E-state index in [1.54, 1.807) is 26.0 Å². The van der Waals surface area contributed by atoms with E-state index < -0.39 is 35.4 Å². The van der Waals surface area contributed by atoms with Crippen LogP contribution in [0.15, 0.2) is 60.2 Å². The molecule has 2 aliphatic rings. The van der Waals surface area contributed by atoms with E-state index in [2.05, 4.69) is 25.7 Å². The van der Waals surface area contributed by atoms with Gasteiger partial charge < -0.3 is 29.9 Å². The van der Waals surface area contributed by atoms with Crippen LogP contribution in [-0.4, -0.2) is 86.1 Å². The van der Waals surface area contributed by atoms with Crippen LogP contribution in [-0.2, 0) is 20.8 Å². The molecule has 9 heteroatoms. The van der Waals surface area contributed by atoms with Gasteiger partial charge in [0, 0.05) is 24.0 Å². The highest BCUT2D eigenvalue weighted by atomic mass is 35.5. The molecule has 0 aromatic heterocycles. The maximum Gasteiger partial charge on any atom is 0.309 e. The van der Waals surface area contributed by atoms with Gasteiger partial charge in [-0.2, -0.15) is 0 Å². The number of rotatable bonds is 13. The van der Waals surface area contributed by atoms with Crippen LogP contribution in [0.5, 0.6) is 0 Å². The molecule has 8 nitrogen and oxygen atoms in total. The Morgan fingerprint density at radius 1 is 1.23 bits per heavy atom. The molecule has 0 radical (unpaired) electrons. The summed E-state index contributed by atoms with van der Waals surface area (Å²) in [4.78, 5) is 14.9. The zero-order valence-corrected chi connectivity index (χ0v) is 30.1. The standard InChI is InChI=1S/C38H58ClNO7/c1-8-18-36(4,5)35-33(47-35)34(40(22-23-41)25-28-13-15-29(39)16-14-28)38(7,45)20-10-12-27(3)32-26(2)11-9-19-37(6,44)21-17-30(42)24-31(43)46-32/h9-16,20,26,30,32-35,41-42,44-45H,8,17-19,21-25H2,1-7H3/b11-9+,20-10+,27-12+/t26?,30?,32-,33?,34?,35?,37?,38?/m0/s1. The predicted molar refractivity (Wildman–Crippen MR) is 187 cm³/mol. The summed E-state index contributed by atoms with van der Waals surface area (Å²) < 4.78 is 12.2. The highest BCUT2D eigenvalue weighted by Crippen LogP contribution is 2.46. The zero-order valence-electron chi connectivity index (χ0n) is 29.4. The lowest BCUT2D eigenvalue weighted by atomic mass is 9.79. The lowest BCUT2D eigenvalue weighted by molar-refractivity contribution is -0.151. The first-order valence-corrected chi connectivity index (χ1v) is 17.5. The van der Waals surface area contributed by atoms with Crippen molar-refractivity contribution in [1.82, 2.24) is 4.90 Å². The average molecular weight is 676 g/mol. The van der Waals surface area contributed by atoms with Crippen molar-refractivity contribution in [2.75, 3.05) is 13.2 Å². The van der Waals surface area contributed by atoms with Crippen molar-refractivity contribution < 1.29 is 34.7 Å². The van der Waals surface area contributed by atoms with Crippen LogP contribution in [0.2, 0.25) is 5.02 Å². The Labute approximate surface area is 287 Å². The van der Waals surface area contributed by atoms with Gasteiger partial charge in [0.2, 0.25) is 0 Å². The summed E-state index contributed by atoms with van der Waals surface area (Å²) in [5.74, 6) is -0.690. The number of halogens is 1. The summed E-state index contributed by atoms with van der Waals surface area (Å²) in [5.41, 5.74) is -0.632. The molecule has 3 rings (SSSR count). The largest absolute Gasteiger partial charge is 0.457 e. The van der Waals surface area contributed by atoms with Gasteiger partial charge >= 0.3 is 5.97 Å². The van der Waals surface area contributed by atoms with Gasteiger partial charge in [-0.3, -0.25) is 9.69 Å². The van der Waals surface area contributed by atoms with Crippen LogP contribution in [0.1, 0.15) is 92.6 Å². The minimum absolute atomic E-state index is 0.0459. The van der Waals surface area contributed by atoms with Crippen LogP contribution in [0.25, 0.3) is 0 Å². The molecule has 1 aromatic carbocycles. The van der Waals surface area contributed by atoms with Crippen molar-refractivity contribution >= 4 is 17.6 Å². The highest BCUT2D eigenvalue weighted by molar-refractivity contribution is 6.30.